The van der Waals surface area contributed by atoms with Gasteiger partial charge in [0.15, 0.2) is 0 Å². The van der Waals surface area contributed by atoms with Crippen molar-refractivity contribution < 1.29 is 9.90 Å². The number of likely N-dealkylation sites (tertiary alicyclic amines) is 1. The zero-order chi connectivity index (χ0) is 14.7. The van der Waals surface area contributed by atoms with Gasteiger partial charge < -0.3 is 10.4 Å². The minimum Gasteiger partial charge on any atom is -0.392 e. The number of nitrogens with one attached hydrogen (secondary N) is 1. The highest BCUT2D eigenvalue weighted by molar-refractivity contribution is 5.76. The highest BCUT2D eigenvalue weighted by Crippen LogP contribution is 2.27. The van der Waals surface area contributed by atoms with E-state index in [1.807, 2.05) is 12.3 Å². The van der Waals surface area contributed by atoms with Gasteiger partial charge in [-0.15, -0.1) is 0 Å². The average molecular weight is 292 g/mol. The van der Waals surface area contributed by atoms with Crippen molar-refractivity contribution in [1.29, 1.82) is 0 Å². The lowest BCUT2D eigenvalue weighted by atomic mass is 10.1. The first-order valence-electron chi connectivity index (χ1n) is 7.91. The first kappa shape index (κ1) is 14.5. The fourth-order valence-corrected chi connectivity index (χ4v) is 3.54. The Morgan fingerprint density at radius 1 is 1.38 bits per heavy atom. The Morgan fingerprint density at radius 3 is 3.00 bits per heavy atom. The largest absolute Gasteiger partial charge is 0.392 e. The van der Waals surface area contributed by atoms with Crippen molar-refractivity contribution in [2.75, 3.05) is 13.1 Å². The Balaban J connectivity index is 1.48. The van der Waals surface area contributed by atoms with Crippen LogP contribution in [0.15, 0.2) is 18.5 Å². The van der Waals surface area contributed by atoms with Crippen LogP contribution in [0.1, 0.15) is 32.1 Å². The molecule has 0 spiro atoms. The third-order valence-electron chi connectivity index (χ3n) is 4.62. The molecule has 1 aliphatic carbocycles. The average Bonchev–Trinajstić information content (AvgIpc) is 3.17. The molecule has 1 saturated carbocycles. The number of hydrogen-bond donors (Lipinski definition) is 2. The van der Waals surface area contributed by atoms with Gasteiger partial charge in [-0.3, -0.25) is 14.4 Å². The van der Waals surface area contributed by atoms with Crippen molar-refractivity contribution in [3.05, 3.63) is 18.5 Å². The summed E-state index contributed by atoms with van der Waals surface area (Å²) in [5.74, 6) is 0.0992. The lowest BCUT2D eigenvalue weighted by Gasteiger charge is -2.29. The second kappa shape index (κ2) is 6.58. The molecule has 1 saturated heterocycles. The standard InChI is InChI=1S/C15H24N4O2/c20-12-5-9-18(11-12)14-4-1-3-13(14)17-15(21)6-10-19-8-2-7-16-19/h2,7-8,12-14,20H,1,3-6,9-11H2,(H,17,21)/t12?,13-,14+/m1/s1. The highest BCUT2D eigenvalue weighted by atomic mass is 16.3. The molecule has 2 fully saturated rings. The number of nitrogens with zero attached hydrogens (tertiary/aromatic N) is 3. The molecule has 3 atom stereocenters. The summed E-state index contributed by atoms with van der Waals surface area (Å²) >= 11 is 0. The summed E-state index contributed by atoms with van der Waals surface area (Å²) in [6.45, 7) is 2.33. The van der Waals surface area contributed by atoms with E-state index in [1.54, 1.807) is 10.9 Å². The Kier molecular flexibility index (Phi) is 4.55. The lowest BCUT2D eigenvalue weighted by molar-refractivity contribution is -0.122. The zero-order valence-electron chi connectivity index (χ0n) is 12.3. The van der Waals surface area contributed by atoms with Crippen LogP contribution in [0.4, 0.5) is 0 Å². The molecule has 6 nitrogen and oxygen atoms in total. The number of rotatable bonds is 5. The van der Waals surface area contributed by atoms with E-state index in [0.717, 1.165) is 38.8 Å². The predicted molar refractivity (Wildman–Crippen MR) is 78.6 cm³/mol. The van der Waals surface area contributed by atoms with E-state index in [1.165, 1.54) is 0 Å². The fraction of sp³-hybridized carbons (Fsp3) is 0.733. The van der Waals surface area contributed by atoms with Crippen LogP contribution in [0.3, 0.4) is 0 Å². The van der Waals surface area contributed by atoms with Crippen LogP contribution in [-0.4, -0.2) is 57.0 Å². The second-order valence-corrected chi connectivity index (χ2v) is 6.13. The predicted octanol–water partition coefficient (Wildman–Crippen LogP) is 0.377. The van der Waals surface area contributed by atoms with E-state index in [2.05, 4.69) is 15.3 Å². The number of aliphatic hydroxyl groups excluding tert-OH is 1. The molecule has 2 N–H and O–H groups in total. The van der Waals surface area contributed by atoms with Gasteiger partial charge in [0.25, 0.3) is 0 Å². The molecular formula is C15H24N4O2. The molecule has 3 rings (SSSR count). The normalized spacial score (nSPS) is 29.9. The number of carbonyl (C=O) groups excluding carboxylic acids is 1. The SMILES string of the molecule is O=C(CCn1cccn1)N[C@@H]1CCC[C@@H]1N1CCC(O)C1. The van der Waals surface area contributed by atoms with Crippen LogP contribution >= 0.6 is 0 Å². The van der Waals surface area contributed by atoms with Crippen molar-refractivity contribution >= 4 is 5.91 Å². The van der Waals surface area contributed by atoms with Gasteiger partial charge in [-0.05, 0) is 31.7 Å². The third-order valence-corrected chi connectivity index (χ3v) is 4.62. The molecule has 0 aromatic carbocycles. The second-order valence-electron chi connectivity index (χ2n) is 6.13. The number of amides is 1. The zero-order valence-corrected chi connectivity index (χ0v) is 12.3. The lowest BCUT2D eigenvalue weighted by Crippen LogP contribution is -2.48. The van der Waals surface area contributed by atoms with Gasteiger partial charge in [0.2, 0.25) is 5.91 Å². The van der Waals surface area contributed by atoms with Gasteiger partial charge in [-0.25, -0.2) is 0 Å². The molecule has 1 unspecified atom stereocenters. The molecule has 1 aromatic rings. The minimum atomic E-state index is -0.193. The van der Waals surface area contributed by atoms with E-state index >= 15 is 0 Å². The summed E-state index contributed by atoms with van der Waals surface area (Å²) in [6, 6.07) is 2.50. The number of hydrogen-bond acceptors (Lipinski definition) is 4. The number of aliphatic hydroxyl groups is 1. The number of aryl methyl sites for hydroxylation is 1. The number of β-amino-alcohol motifs (C(OH)–C–C–N with tert-alkyl or cyclic N) is 1. The topological polar surface area (TPSA) is 70.4 Å². The summed E-state index contributed by atoms with van der Waals surface area (Å²) in [7, 11) is 0. The quantitative estimate of drug-likeness (QED) is 0.823. The third kappa shape index (κ3) is 3.63. The Bertz CT molecular complexity index is 462. The maximum Gasteiger partial charge on any atom is 0.222 e. The van der Waals surface area contributed by atoms with Gasteiger partial charge in [-0.2, -0.15) is 5.10 Å². The molecule has 2 aliphatic rings. The first-order valence-corrected chi connectivity index (χ1v) is 7.91. The molecule has 0 radical (unpaired) electrons. The van der Waals surface area contributed by atoms with Crippen LogP contribution in [0, 0.1) is 0 Å². The molecule has 0 bridgehead atoms. The van der Waals surface area contributed by atoms with Gasteiger partial charge in [0.05, 0.1) is 6.10 Å². The fourth-order valence-electron chi connectivity index (χ4n) is 3.54. The monoisotopic (exact) mass is 292 g/mol. The molecule has 1 aliphatic heterocycles. The van der Waals surface area contributed by atoms with E-state index in [0.29, 0.717) is 19.0 Å². The van der Waals surface area contributed by atoms with Gasteiger partial charge in [0, 0.05) is 50.5 Å². The van der Waals surface area contributed by atoms with Crippen LogP contribution in [-0.2, 0) is 11.3 Å². The van der Waals surface area contributed by atoms with E-state index in [9.17, 15) is 9.90 Å². The minimum absolute atomic E-state index is 0.0992. The molecule has 1 aromatic heterocycles. The Labute approximate surface area is 125 Å². The highest BCUT2D eigenvalue weighted by Gasteiger charge is 2.36. The molecule has 116 valence electrons. The molecular weight excluding hydrogens is 268 g/mol. The summed E-state index contributed by atoms with van der Waals surface area (Å²) in [5.41, 5.74) is 0. The smallest absolute Gasteiger partial charge is 0.222 e. The summed E-state index contributed by atoms with van der Waals surface area (Å²) in [5, 5.41) is 17.0. The number of carbonyl (C=O) groups is 1. The van der Waals surface area contributed by atoms with Crippen molar-refractivity contribution in [1.82, 2.24) is 20.0 Å². The Hall–Kier alpha value is -1.40. The van der Waals surface area contributed by atoms with Crippen LogP contribution in [0.2, 0.25) is 0 Å². The van der Waals surface area contributed by atoms with Crippen molar-refractivity contribution in [3.63, 3.8) is 0 Å². The van der Waals surface area contributed by atoms with E-state index in [-0.39, 0.29) is 18.1 Å². The summed E-state index contributed by atoms with van der Waals surface area (Å²) < 4.78 is 1.78. The number of aromatic nitrogens is 2. The van der Waals surface area contributed by atoms with Crippen molar-refractivity contribution in [2.24, 2.45) is 0 Å². The van der Waals surface area contributed by atoms with E-state index < -0.39 is 0 Å². The molecule has 2 heterocycles. The maximum absolute atomic E-state index is 12.1. The van der Waals surface area contributed by atoms with Crippen molar-refractivity contribution in [2.45, 2.75) is 56.8 Å². The summed E-state index contributed by atoms with van der Waals surface area (Å²) in [4.78, 5) is 14.4. The van der Waals surface area contributed by atoms with Crippen molar-refractivity contribution in [3.8, 4) is 0 Å². The Morgan fingerprint density at radius 2 is 2.29 bits per heavy atom. The summed E-state index contributed by atoms with van der Waals surface area (Å²) in [6.07, 6.45) is 8.05. The maximum atomic E-state index is 12.1. The van der Waals surface area contributed by atoms with Gasteiger partial charge >= 0.3 is 0 Å². The van der Waals surface area contributed by atoms with Crippen LogP contribution in [0.5, 0.6) is 0 Å². The van der Waals surface area contributed by atoms with Gasteiger partial charge in [-0.1, -0.05) is 0 Å². The van der Waals surface area contributed by atoms with Gasteiger partial charge in [0.1, 0.15) is 0 Å². The first-order chi connectivity index (χ1) is 10.2. The molecule has 21 heavy (non-hydrogen) atoms. The van der Waals surface area contributed by atoms with Crippen LogP contribution in [0.25, 0.3) is 0 Å². The molecule has 1 amide bonds. The molecule has 6 heteroatoms. The van der Waals surface area contributed by atoms with E-state index in [4.69, 9.17) is 0 Å². The van der Waals surface area contributed by atoms with Crippen LogP contribution < -0.4 is 5.32 Å².